The van der Waals surface area contributed by atoms with Gasteiger partial charge in [0.05, 0.1) is 11.9 Å². The molecule has 1 aromatic heterocycles. The van der Waals surface area contributed by atoms with E-state index in [1.807, 2.05) is 36.4 Å². The lowest BCUT2D eigenvalue weighted by molar-refractivity contribution is 0.826. The van der Waals surface area contributed by atoms with Crippen LogP contribution in [0.25, 0.3) is 11.3 Å². The maximum atomic E-state index is 12.5. The summed E-state index contributed by atoms with van der Waals surface area (Å²) in [6.07, 6.45) is 1.62. The fourth-order valence-corrected chi connectivity index (χ4v) is 2.45. The molecule has 1 heterocycles. The molecule has 128 valence electrons. The second kappa shape index (κ2) is 7.64. The highest BCUT2D eigenvalue weighted by Gasteiger charge is 2.16. The lowest BCUT2D eigenvalue weighted by Gasteiger charge is -2.10. The SMILES string of the molecule is Cn1c(NN=Cc2ccccc2)nc(-c2ccc(Cl)cc2)c(C#N)c1=O. The van der Waals surface area contributed by atoms with E-state index in [0.717, 1.165) is 5.56 Å². The van der Waals surface area contributed by atoms with Crippen molar-refractivity contribution in [3.63, 3.8) is 0 Å². The fourth-order valence-electron chi connectivity index (χ4n) is 2.32. The summed E-state index contributed by atoms with van der Waals surface area (Å²) in [5.74, 6) is 0.228. The highest BCUT2D eigenvalue weighted by atomic mass is 35.5. The van der Waals surface area contributed by atoms with E-state index in [0.29, 0.717) is 10.6 Å². The molecular formula is C19H14ClN5O. The molecule has 0 atom stereocenters. The quantitative estimate of drug-likeness (QED) is 0.568. The fraction of sp³-hybridized carbons (Fsp3) is 0.0526. The molecule has 0 saturated heterocycles. The van der Waals surface area contributed by atoms with Crippen LogP contribution in [0.3, 0.4) is 0 Å². The predicted molar refractivity (Wildman–Crippen MR) is 102 cm³/mol. The number of nitrogens with zero attached hydrogens (tertiary/aromatic N) is 4. The van der Waals surface area contributed by atoms with Crippen LogP contribution in [-0.2, 0) is 7.05 Å². The zero-order chi connectivity index (χ0) is 18.5. The minimum atomic E-state index is -0.454. The summed E-state index contributed by atoms with van der Waals surface area (Å²) in [4.78, 5) is 16.9. The van der Waals surface area contributed by atoms with E-state index in [9.17, 15) is 10.1 Å². The number of halogens is 1. The van der Waals surface area contributed by atoms with Gasteiger partial charge in [0.15, 0.2) is 0 Å². The molecule has 6 nitrogen and oxygen atoms in total. The minimum Gasteiger partial charge on any atom is -0.279 e. The number of aromatic nitrogens is 2. The van der Waals surface area contributed by atoms with Crippen LogP contribution < -0.4 is 11.0 Å². The van der Waals surface area contributed by atoms with E-state index in [-0.39, 0.29) is 17.2 Å². The van der Waals surface area contributed by atoms with Gasteiger partial charge in [-0.3, -0.25) is 9.36 Å². The van der Waals surface area contributed by atoms with Crippen molar-refractivity contribution in [2.45, 2.75) is 0 Å². The monoisotopic (exact) mass is 363 g/mol. The number of nitriles is 1. The van der Waals surface area contributed by atoms with Gasteiger partial charge in [-0.05, 0) is 17.7 Å². The molecule has 1 N–H and O–H groups in total. The van der Waals surface area contributed by atoms with Crippen molar-refractivity contribution < 1.29 is 0 Å². The van der Waals surface area contributed by atoms with Crippen LogP contribution in [-0.4, -0.2) is 15.8 Å². The molecule has 0 aliphatic rings. The van der Waals surface area contributed by atoms with Gasteiger partial charge in [0.2, 0.25) is 5.95 Å². The number of rotatable bonds is 4. The number of hydrogen-bond donors (Lipinski definition) is 1. The first-order valence-corrected chi connectivity index (χ1v) is 8.09. The predicted octanol–water partition coefficient (Wildman–Crippen LogP) is 3.42. The summed E-state index contributed by atoms with van der Waals surface area (Å²) in [6, 6.07) is 18.2. The number of hydrogen-bond acceptors (Lipinski definition) is 5. The molecule has 3 aromatic rings. The lowest BCUT2D eigenvalue weighted by Crippen LogP contribution is -2.24. The van der Waals surface area contributed by atoms with Crippen molar-refractivity contribution in [3.8, 4) is 17.3 Å². The van der Waals surface area contributed by atoms with Crippen LogP contribution in [0.15, 0.2) is 64.5 Å². The average molecular weight is 364 g/mol. The normalized spacial score (nSPS) is 10.7. The van der Waals surface area contributed by atoms with Gasteiger partial charge < -0.3 is 0 Å². The number of benzene rings is 2. The van der Waals surface area contributed by atoms with Crippen LogP contribution >= 0.6 is 11.6 Å². The Bertz CT molecular complexity index is 1050. The average Bonchev–Trinajstić information content (AvgIpc) is 2.66. The van der Waals surface area contributed by atoms with Crippen LogP contribution in [0.1, 0.15) is 11.1 Å². The summed E-state index contributed by atoms with van der Waals surface area (Å²) < 4.78 is 1.25. The Hall–Kier alpha value is -3.43. The highest BCUT2D eigenvalue weighted by molar-refractivity contribution is 6.30. The van der Waals surface area contributed by atoms with E-state index in [2.05, 4.69) is 15.5 Å². The molecule has 3 rings (SSSR count). The van der Waals surface area contributed by atoms with Crippen LogP contribution in [0.2, 0.25) is 5.02 Å². The van der Waals surface area contributed by atoms with Crippen molar-refractivity contribution >= 4 is 23.8 Å². The van der Waals surface area contributed by atoms with Crippen molar-refractivity contribution in [3.05, 3.63) is 81.1 Å². The Labute approximate surface area is 155 Å². The standard InChI is InChI=1S/C19H14ClN5O/c1-25-18(26)16(11-21)17(14-7-9-15(20)10-8-14)23-19(25)24-22-12-13-5-3-2-4-6-13/h2-10,12H,1H3,(H,23,24). The zero-order valence-corrected chi connectivity index (χ0v) is 14.6. The van der Waals surface area contributed by atoms with Gasteiger partial charge in [0.1, 0.15) is 11.6 Å². The second-order valence-electron chi connectivity index (χ2n) is 5.42. The first-order chi connectivity index (χ1) is 12.6. The summed E-state index contributed by atoms with van der Waals surface area (Å²) in [5.41, 5.74) is 4.08. The molecule has 0 aliphatic carbocycles. The number of hydrazone groups is 1. The number of anilines is 1. The van der Waals surface area contributed by atoms with Crippen LogP contribution in [0.4, 0.5) is 5.95 Å². The topological polar surface area (TPSA) is 83.1 Å². The Morgan fingerprint density at radius 3 is 2.54 bits per heavy atom. The van der Waals surface area contributed by atoms with Crippen molar-refractivity contribution in [1.29, 1.82) is 5.26 Å². The maximum Gasteiger partial charge on any atom is 0.273 e. The van der Waals surface area contributed by atoms with E-state index in [1.165, 1.54) is 11.6 Å². The van der Waals surface area contributed by atoms with Crippen LogP contribution in [0.5, 0.6) is 0 Å². The largest absolute Gasteiger partial charge is 0.279 e. The Balaban J connectivity index is 2.01. The van der Waals surface area contributed by atoms with Gasteiger partial charge in [0.25, 0.3) is 5.56 Å². The summed E-state index contributed by atoms with van der Waals surface area (Å²) in [5, 5.41) is 14.1. The van der Waals surface area contributed by atoms with Gasteiger partial charge in [-0.15, -0.1) is 0 Å². The molecular weight excluding hydrogens is 350 g/mol. The minimum absolute atomic E-state index is 0.0348. The molecule has 0 spiro atoms. The smallest absolute Gasteiger partial charge is 0.273 e. The summed E-state index contributed by atoms with van der Waals surface area (Å²) >= 11 is 5.90. The van der Waals surface area contributed by atoms with E-state index >= 15 is 0 Å². The maximum absolute atomic E-state index is 12.5. The van der Waals surface area contributed by atoms with E-state index in [4.69, 9.17) is 11.6 Å². The molecule has 0 unspecified atom stereocenters. The zero-order valence-electron chi connectivity index (χ0n) is 13.8. The third-order valence-electron chi connectivity index (χ3n) is 3.70. The molecule has 0 bridgehead atoms. The van der Waals surface area contributed by atoms with Gasteiger partial charge in [-0.2, -0.15) is 10.4 Å². The molecule has 26 heavy (non-hydrogen) atoms. The third kappa shape index (κ3) is 3.63. The van der Waals surface area contributed by atoms with Crippen molar-refractivity contribution in [2.75, 3.05) is 5.43 Å². The first-order valence-electron chi connectivity index (χ1n) is 7.71. The lowest BCUT2D eigenvalue weighted by atomic mass is 10.1. The van der Waals surface area contributed by atoms with Gasteiger partial charge in [0, 0.05) is 17.6 Å². The van der Waals surface area contributed by atoms with Crippen molar-refractivity contribution in [2.24, 2.45) is 12.1 Å². The summed E-state index contributed by atoms with van der Waals surface area (Å²) in [7, 11) is 1.53. The number of nitrogens with one attached hydrogen (secondary N) is 1. The van der Waals surface area contributed by atoms with E-state index in [1.54, 1.807) is 30.5 Å². The highest BCUT2D eigenvalue weighted by Crippen LogP contribution is 2.22. The van der Waals surface area contributed by atoms with Gasteiger partial charge >= 0.3 is 0 Å². The first kappa shape index (κ1) is 17.4. The molecule has 0 radical (unpaired) electrons. The van der Waals surface area contributed by atoms with Crippen molar-refractivity contribution in [1.82, 2.24) is 9.55 Å². The van der Waals surface area contributed by atoms with Gasteiger partial charge in [-0.25, -0.2) is 10.4 Å². The molecule has 7 heteroatoms. The molecule has 2 aromatic carbocycles. The Morgan fingerprint density at radius 2 is 1.88 bits per heavy atom. The molecule has 0 aliphatic heterocycles. The van der Waals surface area contributed by atoms with Crippen LogP contribution in [0, 0.1) is 11.3 Å². The second-order valence-corrected chi connectivity index (χ2v) is 5.86. The Morgan fingerprint density at radius 1 is 1.19 bits per heavy atom. The summed E-state index contributed by atoms with van der Waals surface area (Å²) in [6.45, 7) is 0. The molecule has 0 amide bonds. The molecule has 0 fully saturated rings. The Kier molecular flexibility index (Phi) is 5.11. The molecule has 0 saturated carbocycles. The third-order valence-corrected chi connectivity index (χ3v) is 3.95. The van der Waals surface area contributed by atoms with E-state index < -0.39 is 5.56 Å². The van der Waals surface area contributed by atoms with Gasteiger partial charge in [-0.1, -0.05) is 54.1 Å².